The smallest absolute Gasteiger partial charge is 0.264 e. The van der Waals surface area contributed by atoms with Gasteiger partial charge in [-0.15, -0.1) is 0 Å². The predicted octanol–water partition coefficient (Wildman–Crippen LogP) is 7.45. The van der Waals surface area contributed by atoms with Crippen LogP contribution in [0.3, 0.4) is 0 Å². The minimum absolute atomic E-state index is 0.0580. The zero-order valence-corrected chi connectivity index (χ0v) is 27.4. The van der Waals surface area contributed by atoms with Crippen molar-refractivity contribution < 1.29 is 22.7 Å². The number of hydrazone groups is 1. The minimum atomic E-state index is -4.03. The van der Waals surface area contributed by atoms with Crippen molar-refractivity contribution in [3.63, 3.8) is 0 Å². The van der Waals surface area contributed by atoms with E-state index in [1.54, 1.807) is 72.8 Å². The maximum atomic E-state index is 13.4. The number of rotatable bonds is 11. The highest BCUT2D eigenvalue weighted by molar-refractivity contribution is 9.10. The molecule has 0 heterocycles. The Kier molecular flexibility index (Phi) is 10.9. The normalized spacial score (nSPS) is 11.4. The second-order valence-electron chi connectivity index (χ2n) is 8.67. The summed E-state index contributed by atoms with van der Waals surface area (Å²) in [5.41, 5.74) is 4.13. The summed E-state index contributed by atoms with van der Waals surface area (Å²) in [7, 11) is -2.53. The van der Waals surface area contributed by atoms with Gasteiger partial charge in [0.1, 0.15) is 13.2 Å². The van der Waals surface area contributed by atoms with Crippen molar-refractivity contribution in [3.05, 3.63) is 115 Å². The first-order valence-electron chi connectivity index (χ1n) is 12.2. The molecule has 1 amide bonds. The molecular formula is C29H23Br2Cl2N3O5S. The predicted molar refractivity (Wildman–Crippen MR) is 172 cm³/mol. The number of methoxy groups -OCH3 is 1. The molecule has 0 unspecified atom stereocenters. The first-order chi connectivity index (χ1) is 20.1. The number of hydrogen-bond donors (Lipinski definition) is 1. The van der Waals surface area contributed by atoms with Crippen molar-refractivity contribution >= 4 is 82.9 Å². The van der Waals surface area contributed by atoms with Crippen LogP contribution >= 0.6 is 55.1 Å². The van der Waals surface area contributed by atoms with E-state index in [0.29, 0.717) is 37.3 Å². The highest BCUT2D eigenvalue weighted by atomic mass is 79.9. The molecule has 1 N–H and O–H groups in total. The highest BCUT2D eigenvalue weighted by Gasteiger charge is 2.27. The van der Waals surface area contributed by atoms with Gasteiger partial charge >= 0.3 is 0 Å². The lowest BCUT2D eigenvalue weighted by Crippen LogP contribution is -2.39. The second kappa shape index (κ2) is 14.4. The summed E-state index contributed by atoms with van der Waals surface area (Å²) in [5.74, 6) is 0.245. The van der Waals surface area contributed by atoms with Gasteiger partial charge in [-0.3, -0.25) is 9.10 Å². The van der Waals surface area contributed by atoms with Crippen LogP contribution in [0.25, 0.3) is 0 Å². The third kappa shape index (κ3) is 8.05. The van der Waals surface area contributed by atoms with Gasteiger partial charge in [0.15, 0.2) is 11.5 Å². The molecule has 4 rings (SSSR count). The van der Waals surface area contributed by atoms with Gasteiger partial charge in [0.05, 0.1) is 38.4 Å². The summed E-state index contributed by atoms with van der Waals surface area (Å²) >= 11 is 18.9. The monoisotopic (exact) mass is 753 g/mol. The maximum Gasteiger partial charge on any atom is 0.264 e. The summed E-state index contributed by atoms with van der Waals surface area (Å²) in [6.45, 7) is -0.277. The van der Waals surface area contributed by atoms with Crippen LogP contribution in [0.5, 0.6) is 11.5 Å². The molecular weight excluding hydrogens is 733 g/mol. The van der Waals surface area contributed by atoms with E-state index < -0.39 is 22.5 Å². The lowest BCUT2D eigenvalue weighted by Gasteiger charge is -2.23. The largest absolute Gasteiger partial charge is 0.493 e. The van der Waals surface area contributed by atoms with Gasteiger partial charge in [0.25, 0.3) is 15.9 Å². The lowest BCUT2D eigenvalue weighted by atomic mass is 10.2. The molecule has 0 atom stereocenters. The van der Waals surface area contributed by atoms with Gasteiger partial charge in [-0.25, -0.2) is 13.8 Å². The molecule has 218 valence electrons. The van der Waals surface area contributed by atoms with Crippen molar-refractivity contribution in [3.8, 4) is 11.5 Å². The number of amides is 1. The SMILES string of the molecule is COc1cc(/C=N/NC(=O)CN(c2ccc(Br)cc2)S(=O)(=O)c2ccccc2)cc(Br)c1OCc1ccc(Cl)c(Cl)c1. The van der Waals surface area contributed by atoms with Gasteiger partial charge < -0.3 is 9.47 Å². The van der Waals surface area contributed by atoms with Gasteiger partial charge in [0.2, 0.25) is 0 Å². The van der Waals surface area contributed by atoms with Crippen molar-refractivity contribution in [1.29, 1.82) is 0 Å². The zero-order chi connectivity index (χ0) is 30.3. The topological polar surface area (TPSA) is 97.3 Å². The fraction of sp³-hybridized carbons (Fsp3) is 0.103. The molecule has 0 aliphatic heterocycles. The molecule has 0 aromatic heterocycles. The Morgan fingerprint density at radius 1 is 0.976 bits per heavy atom. The molecule has 0 aliphatic carbocycles. The number of benzene rings is 4. The van der Waals surface area contributed by atoms with Crippen molar-refractivity contribution in [2.75, 3.05) is 18.0 Å². The van der Waals surface area contributed by atoms with E-state index in [-0.39, 0.29) is 11.5 Å². The van der Waals surface area contributed by atoms with Gasteiger partial charge in [0, 0.05) is 4.47 Å². The number of anilines is 1. The Labute approximate surface area is 270 Å². The zero-order valence-electron chi connectivity index (χ0n) is 21.9. The van der Waals surface area contributed by atoms with E-state index in [1.165, 1.54) is 25.5 Å². The molecule has 0 saturated heterocycles. The van der Waals surface area contributed by atoms with E-state index in [1.807, 2.05) is 0 Å². The number of sulfonamides is 1. The summed E-state index contributed by atoms with van der Waals surface area (Å²) in [6, 6.07) is 23.1. The molecule has 13 heteroatoms. The lowest BCUT2D eigenvalue weighted by molar-refractivity contribution is -0.119. The Bertz CT molecular complexity index is 1710. The average Bonchev–Trinajstić information content (AvgIpc) is 2.97. The van der Waals surface area contributed by atoms with Crippen LogP contribution in [0, 0.1) is 0 Å². The number of nitrogens with zero attached hydrogens (tertiary/aromatic N) is 2. The molecule has 42 heavy (non-hydrogen) atoms. The van der Waals surface area contributed by atoms with Crippen LogP contribution in [0.4, 0.5) is 5.69 Å². The first-order valence-corrected chi connectivity index (χ1v) is 16.0. The molecule has 0 fully saturated rings. The van der Waals surface area contributed by atoms with Crippen molar-refractivity contribution in [1.82, 2.24) is 5.43 Å². The van der Waals surface area contributed by atoms with E-state index >= 15 is 0 Å². The summed E-state index contributed by atoms with van der Waals surface area (Å²) in [5, 5.41) is 4.90. The minimum Gasteiger partial charge on any atom is -0.493 e. The number of carbonyl (C=O) groups is 1. The molecule has 4 aromatic carbocycles. The fourth-order valence-corrected chi connectivity index (χ4v) is 6.33. The van der Waals surface area contributed by atoms with Crippen LogP contribution in [-0.2, 0) is 21.4 Å². The number of carbonyl (C=O) groups excluding carboxylic acids is 1. The average molecular weight is 756 g/mol. The molecule has 0 spiro atoms. The molecule has 0 radical (unpaired) electrons. The third-order valence-electron chi connectivity index (χ3n) is 5.75. The molecule has 8 nitrogen and oxygen atoms in total. The van der Waals surface area contributed by atoms with Crippen molar-refractivity contribution in [2.24, 2.45) is 5.10 Å². The van der Waals surface area contributed by atoms with Crippen LogP contribution in [0.2, 0.25) is 10.0 Å². The standard InChI is InChI=1S/C29H23Br2Cl2N3O5S/c1-40-27-15-20(13-24(31)29(27)41-18-19-7-12-25(32)26(33)14-19)16-34-35-28(37)17-36(22-10-8-21(30)9-11-22)42(38,39)23-5-3-2-4-6-23/h2-16H,17-18H2,1H3,(H,35,37)/b34-16+. The van der Waals surface area contributed by atoms with E-state index in [4.69, 9.17) is 32.7 Å². The number of nitrogens with one attached hydrogen (secondary N) is 1. The molecule has 4 aromatic rings. The summed E-state index contributed by atoms with van der Waals surface area (Å²) in [6.07, 6.45) is 1.41. The van der Waals surface area contributed by atoms with E-state index in [2.05, 4.69) is 42.4 Å². The van der Waals surface area contributed by atoms with Gasteiger partial charge in [-0.2, -0.15) is 5.10 Å². The fourth-order valence-electron chi connectivity index (χ4n) is 3.73. The molecule has 0 saturated carbocycles. The summed E-state index contributed by atoms with van der Waals surface area (Å²) in [4.78, 5) is 12.9. The molecule has 0 bridgehead atoms. The number of ether oxygens (including phenoxy) is 2. The van der Waals surface area contributed by atoms with Crippen LogP contribution < -0.4 is 19.2 Å². The number of hydrogen-bond acceptors (Lipinski definition) is 6. The summed E-state index contributed by atoms with van der Waals surface area (Å²) < 4.78 is 40.6. The van der Waals surface area contributed by atoms with Crippen LogP contribution in [-0.4, -0.2) is 34.2 Å². The number of halogens is 4. The van der Waals surface area contributed by atoms with Gasteiger partial charge in [-0.1, -0.05) is 63.4 Å². The second-order valence-corrected chi connectivity index (χ2v) is 13.1. The van der Waals surface area contributed by atoms with Crippen molar-refractivity contribution in [2.45, 2.75) is 11.5 Å². The Balaban J connectivity index is 1.47. The Morgan fingerprint density at radius 3 is 2.36 bits per heavy atom. The first kappa shape index (κ1) is 31.8. The van der Waals surface area contributed by atoms with Crippen LogP contribution in [0.15, 0.2) is 104 Å². The van der Waals surface area contributed by atoms with E-state index in [9.17, 15) is 13.2 Å². The third-order valence-corrected chi connectivity index (χ3v) is 9.40. The van der Waals surface area contributed by atoms with Crippen LogP contribution in [0.1, 0.15) is 11.1 Å². The van der Waals surface area contributed by atoms with E-state index in [0.717, 1.165) is 14.3 Å². The molecule has 0 aliphatic rings. The highest BCUT2D eigenvalue weighted by Crippen LogP contribution is 2.37. The Hall–Kier alpha value is -3.09. The quantitative estimate of drug-likeness (QED) is 0.127. The van der Waals surface area contributed by atoms with Gasteiger partial charge in [-0.05, 0) is 87.7 Å². The Morgan fingerprint density at radius 2 is 1.69 bits per heavy atom. The maximum absolute atomic E-state index is 13.4.